The van der Waals surface area contributed by atoms with Crippen LogP contribution in [0.3, 0.4) is 0 Å². The molecular weight excluding hydrogens is 821 g/mol. The summed E-state index contributed by atoms with van der Waals surface area (Å²) in [5.41, 5.74) is 0.768. The third-order valence-corrected chi connectivity index (χ3v) is 10.6. The summed E-state index contributed by atoms with van der Waals surface area (Å²) in [5.74, 6) is -2.80. The maximum atomic E-state index is 12.8. The normalized spacial score (nSPS) is 11.0. The van der Waals surface area contributed by atoms with E-state index in [1.165, 1.54) is 113 Å². The minimum Gasteiger partial charge on any atom is -0.488 e. The van der Waals surface area contributed by atoms with Gasteiger partial charge in [0.15, 0.2) is 0 Å². The zero-order chi connectivity index (χ0) is 46.3. The SMILES string of the molecule is CCCCCCCCCCCCOCCOC(=O)CN(CC(=O)O)c1ccccc1OCCOc1ccccc1N(CC(=O)O)CC(=O)OCCOCCCCCCCCCCCC. The van der Waals surface area contributed by atoms with Gasteiger partial charge >= 0.3 is 23.9 Å². The van der Waals surface area contributed by atoms with E-state index in [1.54, 1.807) is 48.5 Å². The second-order valence-corrected chi connectivity index (χ2v) is 16.2. The number of ether oxygens (including phenoxy) is 6. The molecule has 64 heavy (non-hydrogen) atoms. The van der Waals surface area contributed by atoms with E-state index in [-0.39, 0.29) is 52.7 Å². The van der Waals surface area contributed by atoms with Crippen molar-refractivity contribution in [3.8, 4) is 11.5 Å². The van der Waals surface area contributed by atoms with Crippen LogP contribution in [0.1, 0.15) is 142 Å². The summed E-state index contributed by atoms with van der Waals surface area (Å²) in [6.07, 6.45) is 24.7. The minimum atomic E-state index is -1.13. The Hall–Kier alpha value is -4.56. The Morgan fingerprint density at radius 1 is 0.406 bits per heavy atom. The fourth-order valence-electron chi connectivity index (χ4n) is 7.18. The fraction of sp³-hybridized carbons (Fsp3) is 0.680. The number of esters is 2. The van der Waals surface area contributed by atoms with E-state index >= 15 is 0 Å². The van der Waals surface area contributed by atoms with Crippen molar-refractivity contribution < 1.29 is 57.8 Å². The molecule has 0 fully saturated rings. The number of para-hydroxylation sites is 4. The van der Waals surface area contributed by atoms with E-state index in [4.69, 9.17) is 28.4 Å². The van der Waals surface area contributed by atoms with Crippen LogP contribution in [0.15, 0.2) is 48.5 Å². The van der Waals surface area contributed by atoms with Gasteiger partial charge < -0.3 is 48.4 Å². The first kappa shape index (κ1) is 55.6. The number of carboxylic acid groups (broad SMARTS) is 2. The molecule has 2 rings (SSSR count). The lowest BCUT2D eigenvalue weighted by Gasteiger charge is -2.25. The molecule has 2 aromatic rings. The molecule has 0 aromatic heterocycles. The van der Waals surface area contributed by atoms with Crippen LogP contribution in [0.2, 0.25) is 0 Å². The Labute approximate surface area is 383 Å². The van der Waals surface area contributed by atoms with Crippen LogP contribution >= 0.6 is 0 Å². The van der Waals surface area contributed by atoms with Gasteiger partial charge in [0, 0.05) is 13.2 Å². The Kier molecular flexibility index (Phi) is 32.8. The first-order chi connectivity index (χ1) is 31.2. The molecule has 0 aliphatic heterocycles. The van der Waals surface area contributed by atoms with Crippen LogP contribution in [-0.4, -0.2) is 113 Å². The molecule has 0 unspecified atom stereocenters. The van der Waals surface area contributed by atoms with Gasteiger partial charge in [-0.1, -0.05) is 154 Å². The maximum Gasteiger partial charge on any atom is 0.325 e. The van der Waals surface area contributed by atoms with Crippen molar-refractivity contribution in [1.82, 2.24) is 0 Å². The highest BCUT2D eigenvalue weighted by Crippen LogP contribution is 2.30. The van der Waals surface area contributed by atoms with Gasteiger partial charge in [-0.15, -0.1) is 0 Å². The number of carbonyl (C=O) groups is 4. The Bertz CT molecular complexity index is 1410. The predicted molar refractivity (Wildman–Crippen MR) is 251 cm³/mol. The van der Waals surface area contributed by atoms with Crippen LogP contribution < -0.4 is 19.3 Å². The third-order valence-electron chi connectivity index (χ3n) is 10.6. The molecule has 362 valence electrons. The zero-order valence-electron chi connectivity index (χ0n) is 39.1. The molecule has 0 radical (unpaired) electrons. The molecule has 0 aliphatic carbocycles. The van der Waals surface area contributed by atoms with Crippen LogP contribution in [-0.2, 0) is 38.1 Å². The topological polar surface area (TPSA) is 171 Å². The first-order valence-electron chi connectivity index (χ1n) is 24.1. The lowest BCUT2D eigenvalue weighted by Crippen LogP contribution is -2.36. The zero-order valence-corrected chi connectivity index (χ0v) is 39.1. The summed E-state index contributed by atoms with van der Waals surface area (Å²) in [6.45, 7) is 4.79. The highest BCUT2D eigenvalue weighted by Gasteiger charge is 2.21. The number of hydrogen-bond acceptors (Lipinski definition) is 12. The lowest BCUT2D eigenvalue weighted by molar-refractivity contribution is -0.144. The Morgan fingerprint density at radius 2 is 0.734 bits per heavy atom. The minimum absolute atomic E-state index is 0.0210. The highest BCUT2D eigenvalue weighted by molar-refractivity contribution is 5.82. The van der Waals surface area contributed by atoms with Gasteiger partial charge in [-0.05, 0) is 37.1 Å². The predicted octanol–water partition coefficient (Wildman–Crippen LogP) is 9.89. The molecule has 14 heteroatoms. The summed E-state index contributed by atoms with van der Waals surface area (Å²) >= 11 is 0. The van der Waals surface area contributed by atoms with Crippen molar-refractivity contribution >= 4 is 35.3 Å². The molecule has 2 N–H and O–H groups in total. The van der Waals surface area contributed by atoms with Crippen molar-refractivity contribution in [1.29, 1.82) is 0 Å². The van der Waals surface area contributed by atoms with Gasteiger partial charge in [-0.25, -0.2) is 0 Å². The molecular formula is C50H80N2O12. The number of nitrogens with zero attached hydrogens (tertiary/aromatic N) is 2. The van der Waals surface area contributed by atoms with Crippen molar-refractivity contribution in [2.45, 2.75) is 142 Å². The third kappa shape index (κ3) is 28.3. The van der Waals surface area contributed by atoms with Crippen LogP contribution in [0.25, 0.3) is 0 Å². The Balaban J connectivity index is 1.78. The average molecular weight is 901 g/mol. The van der Waals surface area contributed by atoms with Gasteiger partial charge in [0.2, 0.25) is 0 Å². The molecule has 0 bridgehead atoms. The molecule has 0 atom stereocenters. The second-order valence-electron chi connectivity index (χ2n) is 16.2. The average Bonchev–Trinajstić information content (AvgIpc) is 3.27. The van der Waals surface area contributed by atoms with Crippen molar-refractivity contribution in [3.05, 3.63) is 48.5 Å². The van der Waals surface area contributed by atoms with Crippen LogP contribution in [0, 0.1) is 0 Å². The smallest absolute Gasteiger partial charge is 0.325 e. The van der Waals surface area contributed by atoms with Crippen molar-refractivity contribution in [2.24, 2.45) is 0 Å². The Morgan fingerprint density at radius 3 is 1.08 bits per heavy atom. The van der Waals surface area contributed by atoms with E-state index in [9.17, 15) is 29.4 Å². The monoisotopic (exact) mass is 901 g/mol. The number of benzene rings is 2. The number of unbranched alkanes of at least 4 members (excludes halogenated alkanes) is 18. The standard InChI is InChI=1S/C50H80N2O12/c1-3-5-7-9-11-13-15-17-19-25-31-59-33-35-63-49(57)41-51(39-47(53)54)43-27-21-23-29-45(43)61-37-38-62-46-30-24-22-28-44(46)52(40-48(55)56)42-50(58)64-36-34-60-32-26-20-18-16-14-12-10-8-6-4-2/h21-24,27-30H,3-20,25-26,31-42H2,1-2H3,(H,53,54)(H,55,56). The van der Waals surface area contributed by atoms with E-state index in [2.05, 4.69) is 13.8 Å². The van der Waals surface area contributed by atoms with E-state index in [0.717, 1.165) is 25.7 Å². The molecule has 0 saturated heterocycles. The van der Waals surface area contributed by atoms with Gasteiger partial charge in [-0.2, -0.15) is 0 Å². The molecule has 2 aromatic carbocycles. The molecule has 0 heterocycles. The molecule has 14 nitrogen and oxygen atoms in total. The summed E-state index contributed by atoms with van der Waals surface area (Å²) in [7, 11) is 0. The first-order valence-corrected chi connectivity index (χ1v) is 24.1. The number of carboxylic acids is 2. The van der Waals surface area contributed by atoms with Crippen LogP contribution in [0.4, 0.5) is 11.4 Å². The number of anilines is 2. The summed E-state index contributed by atoms with van der Waals surface area (Å²) in [5, 5.41) is 19.3. The summed E-state index contributed by atoms with van der Waals surface area (Å²) < 4.78 is 34.0. The van der Waals surface area contributed by atoms with Crippen molar-refractivity contribution in [2.75, 3.05) is 88.8 Å². The second kappa shape index (κ2) is 37.8. The maximum absolute atomic E-state index is 12.8. The van der Waals surface area contributed by atoms with E-state index in [1.807, 2.05) is 0 Å². The lowest BCUT2D eigenvalue weighted by atomic mass is 10.1. The molecule has 0 saturated carbocycles. The van der Waals surface area contributed by atoms with Gasteiger partial charge in [0.05, 0.1) is 24.6 Å². The van der Waals surface area contributed by atoms with Crippen molar-refractivity contribution in [3.63, 3.8) is 0 Å². The van der Waals surface area contributed by atoms with Crippen LogP contribution in [0.5, 0.6) is 11.5 Å². The number of carbonyl (C=O) groups excluding carboxylic acids is 2. The van der Waals surface area contributed by atoms with E-state index in [0.29, 0.717) is 36.1 Å². The number of hydrogen-bond donors (Lipinski definition) is 2. The number of aliphatic carboxylic acids is 2. The van der Waals surface area contributed by atoms with Gasteiger partial charge in [0.25, 0.3) is 0 Å². The van der Waals surface area contributed by atoms with Gasteiger partial charge in [0.1, 0.15) is 64.1 Å². The molecule has 0 amide bonds. The fourth-order valence-corrected chi connectivity index (χ4v) is 7.18. The quantitative estimate of drug-likeness (QED) is 0.0476. The van der Waals surface area contributed by atoms with E-state index < -0.39 is 37.0 Å². The number of rotatable bonds is 43. The molecule has 0 spiro atoms. The largest absolute Gasteiger partial charge is 0.488 e. The molecule has 0 aliphatic rings. The highest BCUT2D eigenvalue weighted by atomic mass is 16.6. The van der Waals surface area contributed by atoms with Gasteiger partial charge in [-0.3, -0.25) is 19.2 Å². The summed E-state index contributed by atoms with van der Waals surface area (Å²) in [4.78, 5) is 52.0. The summed E-state index contributed by atoms with van der Waals surface area (Å²) in [6, 6.07) is 13.5.